The molecule has 0 aliphatic rings. The molecule has 96 valence electrons. The third-order valence-electron chi connectivity index (χ3n) is 3.33. The van der Waals surface area contributed by atoms with E-state index < -0.39 is 0 Å². The number of hydrogen-bond donors (Lipinski definition) is 1. The van der Waals surface area contributed by atoms with Gasteiger partial charge in [-0.1, -0.05) is 30.3 Å². The lowest BCUT2D eigenvalue weighted by atomic mass is 10.1. The number of aryl methyl sites for hydroxylation is 1. The number of nitrogens with two attached hydrogens (primary N) is 1. The minimum absolute atomic E-state index is 0.0340. The van der Waals surface area contributed by atoms with Gasteiger partial charge in [0.05, 0.1) is 12.0 Å². The fourth-order valence-electron chi connectivity index (χ4n) is 2.20. The average Bonchev–Trinajstić information content (AvgIpc) is 2.86. The van der Waals surface area contributed by atoms with Crippen LogP contribution in [0.2, 0.25) is 0 Å². The van der Waals surface area contributed by atoms with Crippen LogP contribution in [0.4, 0.5) is 0 Å². The van der Waals surface area contributed by atoms with Crippen LogP contribution in [0.5, 0.6) is 0 Å². The van der Waals surface area contributed by atoms with Crippen LogP contribution in [0.3, 0.4) is 0 Å². The molecule has 0 bridgehead atoms. The SMILES string of the molecule is CC(CCc1ccccc1)n1cncc1[C@H](C)N. The van der Waals surface area contributed by atoms with Gasteiger partial charge in [-0.25, -0.2) is 4.98 Å². The molecule has 1 unspecified atom stereocenters. The van der Waals surface area contributed by atoms with E-state index in [0.717, 1.165) is 18.5 Å². The average molecular weight is 243 g/mol. The fourth-order valence-corrected chi connectivity index (χ4v) is 2.20. The molecule has 2 N–H and O–H groups in total. The van der Waals surface area contributed by atoms with Crippen LogP contribution in [0.1, 0.15) is 43.6 Å². The van der Waals surface area contributed by atoms with Crippen molar-refractivity contribution in [2.75, 3.05) is 0 Å². The van der Waals surface area contributed by atoms with Crippen molar-refractivity contribution in [3.8, 4) is 0 Å². The lowest BCUT2D eigenvalue weighted by Crippen LogP contribution is -2.15. The van der Waals surface area contributed by atoms with Crippen molar-refractivity contribution in [1.29, 1.82) is 0 Å². The summed E-state index contributed by atoms with van der Waals surface area (Å²) >= 11 is 0. The molecule has 3 nitrogen and oxygen atoms in total. The van der Waals surface area contributed by atoms with Gasteiger partial charge in [0.25, 0.3) is 0 Å². The fraction of sp³-hybridized carbons (Fsp3) is 0.400. The Morgan fingerprint density at radius 3 is 2.61 bits per heavy atom. The molecule has 0 aliphatic carbocycles. The summed E-state index contributed by atoms with van der Waals surface area (Å²) in [5.74, 6) is 0. The maximum absolute atomic E-state index is 5.94. The van der Waals surface area contributed by atoms with Gasteiger partial charge in [-0.05, 0) is 32.3 Å². The molecule has 0 amide bonds. The van der Waals surface area contributed by atoms with Crippen LogP contribution in [0.15, 0.2) is 42.9 Å². The van der Waals surface area contributed by atoms with E-state index in [1.807, 2.05) is 19.4 Å². The monoisotopic (exact) mass is 243 g/mol. The molecular weight excluding hydrogens is 222 g/mol. The van der Waals surface area contributed by atoms with Crippen LogP contribution in [0, 0.1) is 0 Å². The zero-order valence-electron chi connectivity index (χ0n) is 11.1. The van der Waals surface area contributed by atoms with Gasteiger partial charge in [-0.15, -0.1) is 0 Å². The molecule has 3 heteroatoms. The van der Waals surface area contributed by atoms with Crippen molar-refractivity contribution in [2.45, 2.75) is 38.8 Å². The standard InChI is InChI=1S/C15H21N3/c1-12(8-9-14-6-4-3-5-7-14)18-11-17-10-15(18)13(2)16/h3-7,10-13H,8-9,16H2,1-2H3/t12?,13-/m0/s1. The Bertz CT molecular complexity index is 473. The summed E-state index contributed by atoms with van der Waals surface area (Å²) in [5.41, 5.74) is 8.43. The minimum Gasteiger partial charge on any atom is -0.330 e. The Labute approximate surface area is 109 Å². The second-order valence-electron chi connectivity index (χ2n) is 4.89. The number of aromatic nitrogens is 2. The molecule has 2 aromatic rings. The Balaban J connectivity index is 1.99. The van der Waals surface area contributed by atoms with Crippen LogP contribution < -0.4 is 5.73 Å². The summed E-state index contributed by atoms with van der Waals surface area (Å²) in [4.78, 5) is 4.20. The van der Waals surface area contributed by atoms with Gasteiger partial charge in [-0.2, -0.15) is 0 Å². The van der Waals surface area contributed by atoms with Crippen LogP contribution in [0.25, 0.3) is 0 Å². The number of benzene rings is 1. The number of rotatable bonds is 5. The predicted molar refractivity (Wildman–Crippen MR) is 74.3 cm³/mol. The second-order valence-corrected chi connectivity index (χ2v) is 4.89. The third kappa shape index (κ3) is 2.99. The van der Waals surface area contributed by atoms with Crippen molar-refractivity contribution in [3.63, 3.8) is 0 Å². The minimum atomic E-state index is 0.0340. The normalized spacial score (nSPS) is 14.4. The van der Waals surface area contributed by atoms with Crippen LogP contribution in [-0.2, 0) is 6.42 Å². The largest absolute Gasteiger partial charge is 0.330 e. The first-order valence-electron chi connectivity index (χ1n) is 6.49. The van der Waals surface area contributed by atoms with Crippen molar-refractivity contribution in [2.24, 2.45) is 5.73 Å². The maximum Gasteiger partial charge on any atom is 0.0951 e. The Kier molecular flexibility index (Phi) is 4.15. The zero-order valence-corrected chi connectivity index (χ0v) is 11.1. The molecule has 2 rings (SSSR count). The molecule has 0 saturated heterocycles. The third-order valence-corrected chi connectivity index (χ3v) is 3.33. The van der Waals surface area contributed by atoms with Crippen LogP contribution >= 0.6 is 0 Å². The molecule has 0 fully saturated rings. The molecule has 18 heavy (non-hydrogen) atoms. The molecule has 0 saturated carbocycles. The molecular formula is C15H21N3. The highest BCUT2D eigenvalue weighted by Gasteiger charge is 2.12. The second kappa shape index (κ2) is 5.83. The highest BCUT2D eigenvalue weighted by atomic mass is 15.1. The van der Waals surface area contributed by atoms with E-state index >= 15 is 0 Å². The predicted octanol–water partition coefficient (Wildman–Crippen LogP) is 3.10. The number of imidazole rings is 1. The first kappa shape index (κ1) is 12.8. The van der Waals surface area contributed by atoms with Crippen LogP contribution in [-0.4, -0.2) is 9.55 Å². The summed E-state index contributed by atoms with van der Waals surface area (Å²) in [6.45, 7) is 4.22. The molecule has 1 aromatic heterocycles. The number of hydrogen-bond acceptors (Lipinski definition) is 2. The van der Waals surface area contributed by atoms with Gasteiger partial charge < -0.3 is 10.3 Å². The lowest BCUT2D eigenvalue weighted by Gasteiger charge is -2.18. The quantitative estimate of drug-likeness (QED) is 0.877. The van der Waals surface area contributed by atoms with Crippen molar-refractivity contribution >= 4 is 0 Å². The van der Waals surface area contributed by atoms with Gasteiger partial charge in [0, 0.05) is 18.3 Å². The summed E-state index contributed by atoms with van der Waals surface area (Å²) in [5, 5.41) is 0. The lowest BCUT2D eigenvalue weighted by molar-refractivity contribution is 0.480. The highest BCUT2D eigenvalue weighted by Crippen LogP contribution is 2.19. The van der Waals surface area contributed by atoms with Gasteiger partial charge in [0.15, 0.2) is 0 Å². The molecule has 1 aromatic carbocycles. The van der Waals surface area contributed by atoms with Gasteiger partial charge in [-0.3, -0.25) is 0 Å². The molecule has 1 heterocycles. The van der Waals surface area contributed by atoms with E-state index in [1.165, 1.54) is 5.56 Å². The van der Waals surface area contributed by atoms with Crippen molar-refractivity contribution in [3.05, 3.63) is 54.1 Å². The first-order valence-corrected chi connectivity index (χ1v) is 6.49. The van der Waals surface area contributed by atoms with E-state index in [4.69, 9.17) is 5.73 Å². The maximum atomic E-state index is 5.94. The molecule has 0 spiro atoms. The zero-order chi connectivity index (χ0) is 13.0. The first-order chi connectivity index (χ1) is 8.68. The topological polar surface area (TPSA) is 43.8 Å². The van der Waals surface area contributed by atoms with E-state index in [0.29, 0.717) is 6.04 Å². The van der Waals surface area contributed by atoms with Crippen molar-refractivity contribution in [1.82, 2.24) is 9.55 Å². The van der Waals surface area contributed by atoms with E-state index in [1.54, 1.807) is 0 Å². The van der Waals surface area contributed by atoms with Gasteiger partial charge >= 0.3 is 0 Å². The highest BCUT2D eigenvalue weighted by molar-refractivity contribution is 5.15. The summed E-state index contributed by atoms with van der Waals surface area (Å²) < 4.78 is 2.19. The number of nitrogens with zero attached hydrogens (tertiary/aromatic N) is 2. The van der Waals surface area contributed by atoms with E-state index in [-0.39, 0.29) is 6.04 Å². The Hall–Kier alpha value is -1.61. The van der Waals surface area contributed by atoms with Gasteiger partial charge in [0.1, 0.15) is 0 Å². The van der Waals surface area contributed by atoms with Gasteiger partial charge in [0.2, 0.25) is 0 Å². The molecule has 0 aliphatic heterocycles. The van der Waals surface area contributed by atoms with E-state index in [9.17, 15) is 0 Å². The summed E-state index contributed by atoms with van der Waals surface area (Å²) in [6, 6.07) is 11.0. The van der Waals surface area contributed by atoms with E-state index in [2.05, 4.69) is 46.8 Å². The van der Waals surface area contributed by atoms with Crippen molar-refractivity contribution < 1.29 is 0 Å². The summed E-state index contributed by atoms with van der Waals surface area (Å²) in [6.07, 6.45) is 5.93. The smallest absolute Gasteiger partial charge is 0.0951 e. The molecule has 2 atom stereocenters. The Morgan fingerprint density at radius 1 is 1.22 bits per heavy atom. The Morgan fingerprint density at radius 2 is 1.94 bits per heavy atom. The summed E-state index contributed by atoms with van der Waals surface area (Å²) in [7, 11) is 0. The molecule has 0 radical (unpaired) electrons.